The zero-order valence-corrected chi connectivity index (χ0v) is 12.3. The zero-order valence-electron chi connectivity index (χ0n) is 12.3. The second kappa shape index (κ2) is 6.83. The van der Waals surface area contributed by atoms with Gasteiger partial charge in [-0.25, -0.2) is 0 Å². The van der Waals surface area contributed by atoms with Crippen molar-refractivity contribution in [3.05, 3.63) is 11.7 Å². The van der Waals surface area contributed by atoms with Crippen LogP contribution in [0, 0.1) is 5.92 Å². The smallest absolute Gasteiger partial charge is 0.318 e. The van der Waals surface area contributed by atoms with Gasteiger partial charge in [0.25, 0.3) is 0 Å². The topological polar surface area (TPSA) is 74.5 Å². The molecule has 20 heavy (non-hydrogen) atoms. The van der Waals surface area contributed by atoms with Gasteiger partial charge in [0.1, 0.15) is 5.92 Å². The van der Waals surface area contributed by atoms with Crippen LogP contribution in [0.5, 0.6) is 0 Å². The van der Waals surface area contributed by atoms with Crippen molar-refractivity contribution in [3.63, 3.8) is 0 Å². The predicted octanol–water partition coefficient (Wildman–Crippen LogP) is 2.27. The Morgan fingerprint density at radius 1 is 1.50 bits per heavy atom. The fraction of sp³-hybridized carbons (Fsp3) is 0.786. The van der Waals surface area contributed by atoms with Gasteiger partial charge in [0, 0.05) is 12.5 Å². The summed E-state index contributed by atoms with van der Waals surface area (Å²) in [6.45, 7) is 7.42. The highest BCUT2D eigenvalue weighted by molar-refractivity contribution is 5.77. The van der Waals surface area contributed by atoms with Crippen LogP contribution < -0.4 is 0 Å². The molecule has 1 aliphatic heterocycles. The average molecular weight is 282 g/mol. The standard InChI is InChI=1S/C14H22N2O4/c1-4-19-14(17)11(9(2)3)13-15-12(16-20-13)10-6-5-7-18-8-10/h9-11H,4-8H2,1-3H3. The van der Waals surface area contributed by atoms with Gasteiger partial charge in [-0.1, -0.05) is 19.0 Å². The van der Waals surface area contributed by atoms with Gasteiger partial charge < -0.3 is 14.0 Å². The molecular weight excluding hydrogens is 260 g/mol. The molecule has 1 saturated heterocycles. The van der Waals surface area contributed by atoms with Crippen LogP contribution >= 0.6 is 0 Å². The summed E-state index contributed by atoms with van der Waals surface area (Å²) in [5.41, 5.74) is 0. The summed E-state index contributed by atoms with van der Waals surface area (Å²) in [6.07, 6.45) is 1.99. The van der Waals surface area contributed by atoms with Gasteiger partial charge in [0.2, 0.25) is 5.89 Å². The van der Waals surface area contributed by atoms with Gasteiger partial charge in [-0.2, -0.15) is 4.98 Å². The third-order valence-electron chi connectivity index (χ3n) is 3.46. The van der Waals surface area contributed by atoms with E-state index in [0.717, 1.165) is 19.4 Å². The highest BCUT2D eigenvalue weighted by atomic mass is 16.5. The minimum Gasteiger partial charge on any atom is -0.465 e. The lowest BCUT2D eigenvalue weighted by Gasteiger charge is -2.18. The lowest BCUT2D eigenvalue weighted by atomic mass is 9.95. The van der Waals surface area contributed by atoms with E-state index in [2.05, 4.69) is 10.1 Å². The Bertz CT molecular complexity index is 438. The number of nitrogens with zero attached hydrogens (tertiary/aromatic N) is 2. The lowest BCUT2D eigenvalue weighted by molar-refractivity contribution is -0.146. The zero-order chi connectivity index (χ0) is 14.5. The molecule has 0 saturated carbocycles. The summed E-state index contributed by atoms with van der Waals surface area (Å²) < 4.78 is 15.8. The van der Waals surface area contributed by atoms with Crippen molar-refractivity contribution < 1.29 is 18.8 Å². The molecule has 112 valence electrons. The molecule has 1 aromatic rings. The van der Waals surface area contributed by atoms with Crippen molar-refractivity contribution in [2.45, 2.75) is 45.4 Å². The maximum absolute atomic E-state index is 12.0. The summed E-state index contributed by atoms with van der Waals surface area (Å²) in [5.74, 6) is 0.383. The van der Waals surface area contributed by atoms with E-state index in [0.29, 0.717) is 24.9 Å². The van der Waals surface area contributed by atoms with Gasteiger partial charge in [-0.15, -0.1) is 0 Å². The number of hydrogen-bond donors (Lipinski definition) is 0. The summed E-state index contributed by atoms with van der Waals surface area (Å²) in [7, 11) is 0. The highest BCUT2D eigenvalue weighted by Gasteiger charge is 2.32. The molecule has 2 unspecified atom stereocenters. The van der Waals surface area contributed by atoms with Crippen LogP contribution in [0.1, 0.15) is 57.2 Å². The van der Waals surface area contributed by atoms with Crippen LogP contribution in [0.15, 0.2) is 4.52 Å². The third-order valence-corrected chi connectivity index (χ3v) is 3.46. The Kier molecular flexibility index (Phi) is 5.11. The molecule has 0 N–H and O–H groups in total. The van der Waals surface area contributed by atoms with Crippen LogP contribution in [0.3, 0.4) is 0 Å². The molecule has 1 aliphatic rings. The first-order valence-corrected chi connectivity index (χ1v) is 7.21. The summed E-state index contributed by atoms with van der Waals surface area (Å²) >= 11 is 0. The first-order valence-electron chi connectivity index (χ1n) is 7.21. The van der Waals surface area contributed by atoms with Crippen molar-refractivity contribution in [1.82, 2.24) is 10.1 Å². The molecule has 0 spiro atoms. The van der Waals surface area contributed by atoms with Gasteiger partial charge in [-0.3, -0.25) is 4.79 Å². The Labute approximate surface area is 118 Å². The van der Waals surface area contributed by atoms with Crippen LogP contribution in [-0.2, 0) is 14.3 Å². The number of rotatable bonds is 5. The van der Waals surface area contributed by atoms with E-state index < -0.39 is 5.92 Å². The largest absolute Gasteiger partial charge is 0.465 e. The molecule has 6 nitrogen and oxygen atoms in total. The van der Waals surface area contributed by atoms with Gasteiger partial charge >= 0.3 is 5.97 Å². The average Bonchev–Trinajstić information content (AvgIpc) is 2.89. The Morgan fingerprint density at radius 3 is 2.90 bits per heavy atom. The minimum absolute atomic E-state index is 0.0463. The second-order valence-corrected chi connectivity index (χ2v) is 5.38. The number of hydrogen-bond acceptors (Lipinski definition) is 6. The number of carbonyl (C=O) groups excluding carboxylic acids is 1. The van der Waals surface area contributed by atoms with Crippen LogP contribution in [0.4, 0.5) is 0 Å². The maximum atomic E-state index is 12.0. The van der Waals surface area contributed by atoms with E-state index in [1.165, 1.54) is 0 Å². The molecule has 2 heterocycles. The molecule has 0 aromatic carbocycles. The summed E-state index contributed by atoms with van der Waals surface area (Å²) in [4.78, 5) is 16.4. The third kappa shape index (κ3) is 3.36. The van der Waals surface area contributed by atoms with Crippen LogP contribution in [0.2, 0.25) is 0 Å². The normalized spacial score (nSPS) is 20.9. The van der Waals surface area contributed by atoms with E-state index in [1.54, 1.807) is 6.92 Å². The molecule has 1 aromatic heterocycles. The number of esters is 1. The Morgan fingerprint density at radius 2 is 2.30 bits per heavy atom. The number of ether oxygens (including phenoxy) is 2. The highest BCUT2D eigenvalue weighted by Crippen LogP contribution is 2.28. The van der Waals surface area contributed by atoms with E-state index in [-0.39, 0.29) is 17.8 Å². The van der Waals surface area contributed by atoms with Gasteiger partial charge in [0.15, 0.2) is 5.82 Å². The van der Waals surface area contributed by atoms with Crippen molar-refractivity contribution in [2.24, 2.45) is 5.92 Å². The molecule has 0 bridgehead atoms. The molecule has 6 heteroatoms. The summed E-state index contributed by atoms with van der Waals surface area (Å²) in [5, 5.41) is 4.01. The predicted molar refractivity (Wildman–Crippen MR) is 71.3 cm³/mol. The quantitative estimate of drug-likeness (QED) is 0.771. The van der Waals surface area contributed by atoms with Gasteiger partial charge in [-0.05, 0) is 25.7 Å². The van der Waals surface area contributed by atoms with E-state index in [1.807, 2.05) is 13.8 Å². The van der Waals surface area contributed by atoms with Crippen molar-refractivity contribution >= 4 is 5.97 Å². The molecule has 2 rings (SSSR count). The molecule has 0 radical (unpaired) electrons. The SMILES string of the molecule is CCOC(=O)C(c1nc(C2CCCOC2)no1)C(C)C. The van der Waals surface area contributed by atoms with Crippen LogP contribution in [-0.4, -0.2) is 35.9 Å². The van der Waals surface area contributed by atoms with E-state index >= 15 is 0 Å². The van der Waals surface area contributed by atoms with Crippen molar-refractivity contribution in [3.8, 4) is 0 Å². The minimum atomic E-state index is -0.499. The molecule has 1 fully saturated rings. The molecule has 0 aliphatic carbocycles. The molecule has 0 amide bonds. The fourth-order valence-electron chi connectivity index (χ4n) is 2.37. The molecular formula is C14H22N2O4. The Hall–Kier alpha value is -1.43. The van der Waals surface area contributed by atoms with Gasteiger partial charge in [0.05, 0.1) is 13.2 Å². The first-order chi connectivity index (χ1) is 9.63. The fourth-order valence-corrected chi connectivity index (χ4v) is 2.37. The van der Waals surface area contributed by atoms with Crippen molar-refractivity contribution in [2.75, 3.05) is 19.8 Å². The number of carbonyl (C=O) groups is 1. The second-order valence-electron chi connectivity index (χ2n) is 5.38. The van der Waals surface area contributed by atoms with Crippen molar-refractivity contribution in [1.29, 1.82) is 0 Å². The summed E-state index contributed by atoms with van der Waals surface area (Å²) in [6, 6.07) is 0. The molecule has 2 atom stereocenters. The monoisotopic (exact) mass is 282 g/mol. The lowest BCUT2D eigenvalue weighted by Crippen LogP contribution is -2.21. The number of aromatic nitrogens is 2. The van der Waals surface area contributed by atoms with E-state index in [4.69, 9.17) is 14.0 Å². The first kappa shape index (κ1) is 15.0. The van der Waals surface area contributed by atoms with Crippen LogP contribution in [0.25, 0.3) is 0 Å². The Balaban J connectivity index is 2.13. The van der Waals surface area contributed by atoms with E-state index in [9.17, 15) is 4.79 Å². The maximum Gasteiger partial charge on any atom is 0.318 e.